The molecule has 0 spiro atoms. The fraction of sp³-hybridized carbons (Fsp3) is 0.125. The molecule has 6 rings (SSSR count). The van der Waals surface area contributed by atoms with Crippen LogP contribution in [0.1, 0.15) is 30.5 Å². The van der Waals surface area contributed by atoms with Crippen LogP contribution in [-0.2, 0) is 12.0 Å². The fourth-order valence-corrected chi connectivity index (χ4v) is 5.37. The lowest BCUT2D eigenvalue weighted by Gasteiger charge is -2.22. The first kappa shape index (κ1) is 20.7. The maximum atomic E-state index is 10.8. The first-order chi connectivity index (χ1) is 16.5. The zero-order valence-corrected chi connectivity index (χ0v) is 19.5. The van der Waals surface area contributed by atoms with Gasteiger partial charge < -0.3 is 9.67 Å². The molecule has 1 N–H and O–H groups in total. The van der Waals surface area contributed by atoms with E-state index in [1.807, 2.05) is 26.0 Å². The van der Waals surface area contributed by atoms with Gasteiger partial charge in [-0.15, -0.1) is 0 Å². The van der Waals surface area contributed by atoms with E-state index in [1.54, 1.807) is 0 Å². The number of aliphatic hydroxyl groups is 1. The third-order valence-electron chi connectivity index (χ3n) is 6.83. The lowest BCUT2D eigenvalue weighted by Crippen LogP contribution is -2.18. The van der Waals surface area contributed by atoms with Gasteiger partial charge in [-0.05, 0) is 66.6 Å². The predicted octanol–water partition coefficient (Wildman–Crippen LogP) is 7.76. The molecule has 0 unspecified atom stereocenters. The van der Waals surface area contributed by atoms with Gasteiger partial charge in [0.1, 0.15) is 0 Å². The molecule has 166 valence electrons. The molecule has 0 aliphatic carbocycles. The van der Waals surface area contributed by atoms with E-state index in [1.165, 1.54) is 43.8 Å². The second kappa shape index (κ2) is 7.86. The summed E-state index contributed by atoms with van der Waals surface area (Å²) in [4.78, 5) is 0. The Morgan fingerprint density at radius 3 is 2.00 bits per heavy atom. The second-order valence-corrected chi connectivity index (χ2v) is 9.56. The summed E-state index contributed by atoms with van der Waals surface area (Å²) in [6.07, 6.45) is 0.765. The Labute approximate surface area is 199 Å². The molecule has 1 aromatic heterocycles. The molecule has 5 aromatic carbocycles. The van der Waals surface area contributed by atoms with E-state index in [2.05, 4.69) is 102 Å². The molecule has 2 heteroatoms. The van der Waals surface area contributed by atoms with Gasteiger partial charge in [-0.3, -0.25) is 0 Å². The molecule has 0 fully saturated rings. The number of fused-ring (bicyclic) bond motifs is 5. The Morgan fingerprint density at radius 1 is 0.618 bits per heavy atom. The monoisotopic (exact) mass is 441 g/mol. The topological polar surface area (TPSA) is 25.2 Å². The van der Waals surface area contributed by atoms with Crippen LogP contribution in [0.15, 0.2) is 109 Å². The summed E-state index contributed by atoms with van der Waals surface area (Å²) >= 11 is 0. The first-order valence-corrected chi connectivity index (χ1v) is 11.8. The van der Waals surface area contributed by atoms with Gasteiger partial charge >= 0.3 is 0 Å². The minimum absolute atomic E-state index is 0.765. The van der Waals surface area contributed by atoms with E-state index in [9.17, 15) is 5.11 Å². The van der Waals surface area contributed by atoms with Crippen molar-refractivity contribution in [3.05, 3.63) is 126 Å². The van der Waals surface area contributed by atoms with Crippen LogP contribution in [0.25, 0.3) is 38.3 Å². The van der Waals surface area contributed by atoms with Crippen molar-refractivity contribution >= 4 is 32.6 Å². The van der Waals surface area contributed by atoms with Crippen molar-refractivity contribution in [3.63, 3.8) is 0 Å². The predicted molar refractivity (Wildman–Crippen MR) is 143 cm³/mol. The van der Waals surface area contributed by atoms with Crippen LogP contribution in [0.3, 0.4) is 0 Å². The van der Waals surface area contributed by atoms with E-state index in [0.29, 0.717) is 0 Å². The van der Waals surface area contributed by atoms with Crippen LogP contribution in [-0.4, -0.2) is 9.67 Å². The maximum absolute atomic E-state index is 10.8. The molecule has 0 aliphatic heterocycles. The Hall–Kier alpha value is -3.88. The lowest BCUT2D eigenvalue weighted by molar-refractivity contribution is 0.0777. The normalized spacial score (nSPS) is 12.1. The minimum Gasteiger partial charge on any atom is -0.386 e. The summed E-state index contributed by atoms with van der Waals surface area (Å²) in [6, 6.07) is 38.6. The number of benzene rings is 5. The summed E-state index contributed by atoms with van der Waals surface area (Å²) in [5.74, 6) is 0. The molecule has 0 radical (unpaired) electrons. The lowest BCUT2D eigenvalue weighted by atomic mass is 9.88. The summed E-state index contributed by atoms with van der Waals surface area (Å²) in [7, 11) is 0. The molecular formula is C32H27NO. The van der Waals surface area contributed by atoms with Crippen molar-refractivity contribution in [1.29, 1.82) is 0 Å². The SMILES string of the molecule is CC(C)(O)c1ccccc1Cc1cc2c3ccccc3n(-c3ccccc3)c2c2ccccc12. The molecule has 0 atom stereocenters. The van der Waals surface area contributed by atoms with E-state index >= 15 is 0 Å². The van der Waals surface area contributed by atoms with Crippen LogP contribution in [0.4, 0.5) is 0 Å². The summed E-state index contributed by atoms with van der Waals surface area (Å²) < 4.78 is 2.39. The number of hydrogen-bond donors (Lipinski definition) is 1. The largest absolute Gasteiger partial charge is 0.386 e. The molecule has 6 aromatic rings. The van der Waals surface area contributed by atoms with Crippen molar-refractivity contribution in [2.75, 3.05) is 0 Å². The van der Waals surface area contributed by atoms with Gasteiger partial charge in [0.15, 0.2) is 0 Å². The van der Waals surface area contributed by atoms with Crippen molar-refractivity contribution < 1.29 is 5.11 Å². The minimum atomic E-state index is -0.889. The number of nitrogens with zero attached hydrogens (tertiary/aromatic N) is 1. The molecule has 0 aliphatic rings. The van der Waals surface area contributed by atoms with Crippen molar-refractivity contribution in [1.82, 2.24) is 4.57 Å². The highest BCUT2D eigenvalue weighted by Crippen LogP contribution is 2.39. The molecule has 2 nitrogen and oxygen atoms in total. The van der Waals surface area contributed by atoms with Crippen LogP contribution in [0.2, 0.25) is 0 Å². The zero-order chi connectivity index (χ0) is 23.3. The quantitative estimate of drug-likeness (QED) is 0.297. The van der Waals surface area contributed by atoms with Gasteiger partial charge in [-0.1, -0.05) is 84.9 Å². The van der Waals surface area contributed by atoms with Crippen LogP contribution in [0.5, 0.6) is 0 Å². The van der Waals surface area contributed by atoms with E-state index in [0.717, 1.165) is 17.5 Å². The highest BCUT2D eigenvalue weighted by molar-refractivity contribution is 6.19. The van der Waals surface area contributed by atoms with Gasteiger partial charge in [0.25, 0.3) is 0 Å². The van der Waals surface area contributed by atoms with Crippen molar-refractivity contribution in [2.45, 2.75) is 25.9 Å². The molecule has 0 saturated heterocycles. The average Bonchev–Trinajstić information content (AvgIpc) is 3.19. The average molecular weight is 442 g/mol. The summed E-state index contributed by atoms with van der Waals surface area (Å²) in [5, 5.41) is 15.8. The zero-order valence-electron chi connectivity index (χ0n) is 19.5. The fourth-order valence-electron chi connectivity index (χ4n) is 5.37. The molecular weight excluding hydrogens is 414 g/mol. The Balaban J connectivity index is 1.69. The van der Waals surface area contributed by atoms with Gasteiger partial charge in [0.05, 0.1) is 16.6 Å². The van der Waals surface area contributed by atoms with Gasteiger partial charge in [0.2, 0.25) is 0 Å². The highest BCUT2D eigenvalue weighted by atomic mass is 16.3. The third-order valence-corrected chi connectivity index (χ3v) is 6.83. The standard InChI is InChI=1S/C32H27NO/c1-32(2,34)29-18-10-6-12-22(29)20-23-21-28-26-16-9-11-19-30(26)33(24-13-4-3-5-14-24)31(28)27-17-8-7-15-25(23)27/h3-19,21,34H,20H2,1-2H3. The summed E-state index contributed by atoms with van der Waals surface area (Å²) in [6.45, 7) is 3.72. The molecule has 0 saturated carbocycles. The molecule has 0 bridgehead atoms. The van der Waals surface area contributed by atoms with Gasteiger partial charge in [0, 0.05) is 21.8 Å². The van der Waals surface area contributed by atoms with Crippen LogP contribution in [0, 0.1) is 0 Å². The van der Waals surface area contributed by atoms with Crippen LogP contribution >= 0.6 is 0 Å². The Kier molecular flexibility index (Phi) is 4.79. The number of para-hydroxylation sites is 2. The second-order valence-electron chi connectivity index (χ2n) is 9.56. The van der Waals surface area contributed by atoms with Crippen molar-refractivity contribution in [3.8, 4) is 5.69 Å². The van der Waals surface area contributed by atoms with E-state index < -0.39 is 5.60 Å². The molecule has 1 heterocycles. The Morgan fingerprint density at radius 2 is 1.24 bits per heavy atom. The Bertz CT molecular complexity index is 1650. The summed E-state index contributed by atoms with van der Waals surface area (Å²) in [5.41, 5.74) is 6.14. The molecule has 34 heavy (non-hydrogen) atoms. The van der Waals surface area contributed by atoms with Gasteiger partial charge in [-0.2, -0.15) is 0 Å². The number of rotatable bonds is 4. The number of aromatic nitrogens is 1. The maximum Gasteiger partial charge on any atom is 0.0843 e. The highest BCUT2D eigenvalue weighted by Gasteiger charge is 2.21. The van der Waals surface area contributed by atoms with E-state index in [4.69, 9.17) is 0 Å². The molecule has 0 amide bonds. The first-order valence-electron chi connectivity index (χ1n) is 11.8. The van der Waals surface area contributed by atoms with Crippen molar-refractivity contribution in [2.24, 2.45) is 0 Å². The van der Waals surface area contributed by atoms with E-state index in [-0.39, 0.29) is 0 Å². The smallest absolute Gasteiger partial charge is 0.0843 e. The van der Waals surface area contributed by atoms with Crippen LogP contribution < -0.4 is 0 Å². The number of hydrogen-bond acceptors (Lipinski definition) is 1. The van der Waals surface area contributed by atoms with Gasteiger partial charge in [-0.25, -0.2) is 0 Å². The third kappa shape index (κ3) is 3.30.